The summed E-state index contributed by atoms with van der Waals surface area (Å²) in [5.74, 6) is -7.73. The fourth-order valence-corrected chi connectivity index (χ4v) is 4.03. The van der Waals surface area contributed by atoms with Crippen molar-refractivity contribution in [3.63, 3.8) is 0 Å². The molecule has 1 heterocycles. The normalized spacial score (nSPS) is 13.5. The van der Waals surface area contributed by atoms with Gasteiger partial charge in [-0.3, -0.25) is 9.48 Å². The van der Waals surface area contributed by atoms with Gasteiger partial charge in [-0.25, -0.2) is 9.59 Å². The summed E-state index contributed by atoms with van der Waals surface area (Å²) in [6.07, 6.45) is 1.31. The number of nitrogens with one attached hydrogen (secondary N) is 2. The fraction of sp³-hybridized carbons (Fsp3) is 0.250. The molecule has 3 N–H and O–H groups in total. The van der Waals surface area contributed by atoms with Gasteiger partial charge in [-0.15, -0.1) is 0 Å². The molecule has 35 heavy (non-hydrogen) atoms. The molecule has 2 amide bonds. The first kappa shape index (κ1) is 23.9. The van der Waals surface area contributed by atoms with Crippen LogP contribution in [-0.2, 0) is 21.4 Å². The van der Waals surface area contributed by atoms with Gasteiger partial charge in [-0.05, 0) is 22.3 Å². The van der Waals surface area contributed by atoms with E-state index in [1.807, 2.05) is 53.8 Å². The highest BCUT2D eigenvalue weighted by Crippen LogP contribution is 2.44. The van der Waals surface area contributed by atoms with Gasteiger partial charge in [0, 0.05) is 24.7 Å². The van der Waals surface area contributed by atoms with Crippen LogP contribution in [0.5, 0.6) is 0 Å². The van der Waals surface area contributed by atoms with Crippen molar-refractivity contribution in [2.75, 3.05) is 13.2 Å². The maximum atomic E-state index is 14.4. The standard InChI is InChI=1S/C24H22F2N4O5/c1-30-11-14(10-28-30)20(21(31)32)29-22(33)24(25,26)13-27-23(34)35-12-19-17-8-4-2-6-15(17)16-7-3-5-9-18(16)19/h2-11,19-20H,12-13H2,1H3,(H,27,34)(H,29,33)(H,31,32). The van der Waals surface area contributed by atoms with E-state index in [1.54, 1.807) is 5.32 Å². The molecule has 0 saturated carbocycles. The number of carboxylic acids is 1. The predicted molar refractivity (Wildman–Crippen MR) is 120 cm³/mol. The Morgan fingerprint density at radius 2 is 1.71 bits per heavy atom. The van der Waals surface area contributed by atoms with Crippen LogP contribution in [0.2, 0.25) is 0 Å². The Bertz CT molecular complexity index is 1230. The lowest BCUT2D eigenvalue weighted by Gasteiger charge is -2.20. The highest BCUT2D eigenvalue weighted by atomic mass is 19.3. The van der Waals surface area contributed by atoms with E-state index in [0.717, 1.165) is 28.5 Å². The summed E-state index contributed by atoms with van der Waals surface area (Å²) >= 11 is 0. The molecule has 182 valence electrons. The first-order chi connectivity index (χ1) is 16.7. The van der Waals surface area contributed by atoms with Gasteiger partial charge in [0.25, 0.3) is 5.91 Å². The molecule has 2 aromatic carbocycles. The summed E-state index contributed by atoms with van der Waals surface area (Å²) in [6.45, 7) is -1.45. The number of alkyl carbamates (subject to hydrolysis) is 1. The molecule has 1 aromatic heterocycles. The van der Waals surface area contributed by atoms with E-state index in [4.69, 9.17) is 4.74 Å². The second-order valence-electron chi connectivity index (χ2n) is 8.08. The molecule has 1 atom stereocenters. The van der Waals surface area contributed by atoms with Gasteiger partial charge >= 0.3 is 18.0 Å². The van der Waals surface area contributed by atoms with Crippen LogP contribution >= 0.6 is 0 Å². The quantitative estimate of drug-likeness (QED) is 0.452. The Morgan fingerprint density at radius 1 is 1.11 bits per heavy atom. The minimum Gasteiger partial charge on any atom is -0.479 e. The molecule has 1 unspecified atom stereocenters. The van der Waals surface area contributed by atoms with Crippen LogP contribution in [0.4, 0.5) is 13.6 Å². The van der Waals surface area contributed by atoms with Crippen LogP contribution in [0.15, 0.2) is 60.9 Å². The molecule has 1 aliphatic carbocycles. The number of aryl methyl sites for hydroxylation is 1. The van der Waals surface area contributed by atoms with Crippen LogP contribution in [0.3, 0.4) is 0 Å². The minimum absolute atomic E-state index is 0.0219. The zero-order chi connectivity index (χ0) is 25.2. The Kier molecular flexibility index (Phi) is 6.50. The van der Waals surface area contributed by atoms with Crippen molar-refractivity contribution < 1.29 is 33.0 Å². The van der Waals surface area contributed by atoms with Crippen molar-refractivity contribution in [1.82, 2.24) is 20.4 Å². The van der Waals surface area contributed by atoms with Crippen molar-refractivity contribution in [3.8, 4) is 11.1 Å². The second-order valence-corrected chi connectivity index (χ2v) is 8.08. The molecule has 1 aliphatic rings. The third-order valence-electron chi connectivity index (χ3n) is 5.71. The molecule has 4 rings (SSSR count). The van der Waals surface area contributed by atoms with E-state index in [1.165, 1.54) is 17.9 Å². The van der Waals surface area contributed by atoms with Crippen molar-refractivity contribution in [2.45, 2.75) is 17.9 Å². The number of amides is 2. The monoisotopic (exact) mass is 484 g/mol. The number of aromatic nitrogens is 2. The van der Waals surface area contributed by atoms with Crippen LogP contribution in [-0.4, -0.2) is 51.9 Å². The molecule has 11 heteroatoms. The van der Waals surface area contributed by atoms with Crippen LogP contribution < -0.4 is 10.6 Å². The lowest BCUT2D eigenvalue weighted by atomic mass is 9.98. The zero-order valence-electron chi connectivity index (χ0n) is 18.6. The van der Waals surface area contributed by atoms with Gasteiger partial charge in [0.05, 0.1) is 12.7 Å². The van der Waals surface area contributed by atoms with Crippen molar-refractivity contribution >= 4 is 18.0 Å². The molecule has 0 fully saturated rings. The summed E-state index contributed by atoms with van der Waals surface area (Å²) in [5, 5.41) is 16.7. The lowest BCUT2D eigenvalue weighted by molar-refractivity contribution is -0.150. The number of carbonyl (C=O) groups excluding carboxylic acids is 2. The summed E-state index contributed by atoms with van der Waals surface area (Å²) < 4.78 is 35.2. The van der Waals surface area contributed by atoms with E-state index in [9.17, 15) is 28.3 Å². The smallest absolute Gasteiger partial charge is 0.407 e. The molecule has 0 spiro atoms. The van der Waals surface area contributed by atoms with E-state index in [2.05, 4.69) is 5.10 Å². The number of rotatable bonds is 8. The van der Waals surface area contributed by atoms with Crippen LogP contribution in [0.25, 0.3) is 11.1 Å². The average Bonchev–Trinajstić information content (AvgIpc) is 3.40. The van der Waals surface area contributed by atoms with Crippen LogP contribution in [0.1, 0.15) is 28.7 Å². The van der Waals surface area contributed by atoms with Gasteiger partial charge in [-0.1, -0.05) is 48.5 Å². The van der Waals surface area contributed by atoms with Crippen LogP contribution in [0, 0.1) is 0 Å². The molecular formula is C24H22F2N4O5. The third kappa shape index (κ3) is 4.98. The summed E-state index contributed by atoms with van der Waals surface area (Å²) in [4.78, 5) is 35.7. The maximum absolute atomic E-state index is 14.4. The van der Waals surface area contributed by atoms with E-state index in [0.29, 0.717) is 0 Å². The number of hydrogen-bond donors (Lipinski definition) is 3. The Hall–Kier alpha value is -4.28. The van der Waals surface area contributed by atoms with E-state index >= 15 is 0 Å². The molecular weight excluding hydrogens is 462 g/mol. The van der Waals surface area contributed by atoms with Crippen molar-refractivity contribution in [1.29, 1.82) is 0 Å². The number of hydrogen-bond acceptors (Lipinski definition) is 5. The number of carboxylic acid groups (broad SMARTS) is 1. The van der Waals surface area contributed by atoms with Crippen molar-refractivity contribution in [3.05, 3.63) is 77.6 Å². The summed E-state index contributed by atoms with van der Waals surface area (Å²) in [7, 11) is 1.51. The number of halogens is 2. The maximum Gasteiger partial charge on any atom is 0.407 e. The Balaban J connectivity index is 1.34. The molecule has 0 aliphatic heterocycles. The third-order valence-corrected chi connectivity index (χ3v) is 5.71. The number of fused-ring (bicyclic) bond motifs is 3. The minimum atomic E-state index is -4.08. The highest BCUT2D eigenvalue weighted by Gasteiger charge is 2.42. The summed E-state index contributed by atoms with van der Waals surface area (Å²) in [6, 6.07) is 13.6. The van der Waals surface area contributed by atoms with E-state index in [-0.39, 0.29) is 18.1 Å². The van der Waals surface area contributed by atoms with Gasteiger partial charge in [-0.2, -0.15) is 13.9 Å². The predicted octanol–water partition coefficient (Wildman–Crippen LogP) is 2.84. The Morgan fingerprint density at radius 3 is 2.26 bits per heavy atom. The number of nitrogens with zero attached hydrogens (tertiary/aromatic N) is 2. The SMILES string of the molecule is Cn1cc(C(NC(=O)C(F)(F)CNC(=O)OCC2c3ccccc3-c3ccccc32)C(=O)O)cn1. The largest absolute Gasteiger partial charge is 0.479 e. The van der Waals surface area contributed by atoms with Gasteiger partial charge in [0.1, 0.15) is 6.61 Å². The summed E-state index contributed by atoms with van der Waals surface area (Å²) in [5.41, 5.74) is 3.97. The number of benzene rings is 2. The number of aliphatic carboxylic acids is 1. The first-order valence-corrected chi connectivity index (χ1v) is 10.7. The number of carbonyl (C=O) groups is 3. The van der Waals surface area contributed by atoms with Gasteiger partial charge < -0.3 is 20.5 Å². The molecule has 3 aromatic rings. The van der Waals surface area contributed by atoms with Gasteiger partial charge in [0.2, 0.25) is 0 Å². The molecule has 0 bridgehead atoms. The average molecular weight is 484 g/mol. The highest BCUT2D eigenvalue weighted by molar-refractivity contribution is 5.89. The molecule has 0 radical (unpaired) electrons. The fourth-order valence-electron chi connectivity index (χ4n) is 4.03. The first-order valence-electron chi connectivity index (χ1n) is 10.7. The zero-order valence-corrected chi connectivity index (χ0v) is 18.6. The van der Waals surface area contributed by atoms with E-state index < -0.39 is 36.5 Å². The van der Waals surface area contributed by atoms with Crippen molar-refractivity contribution in [2.24, 2.45) is 7.05 Å². The topological polar surface area (TPSA) is 123 Å². The number of alkyl halides is 2. The molecule has 9 nitrogen and oxygen atoms in total. The second kappa shape index (κ2) is 9.53. The Labute approximate surface area is 198 Å². The number of ether oxygens (including phenoxy) is 1. The lowest BCUT2D eigenvalue weighted by Crippen LogP contribution is -2.50. The molecule has 0 saturated heterocycles. The van der Waals surface area contributed by atoms with Gasteiger partial charge in [0.15, 0.2) is 6.04 Å².